The van der Waals surface area contributed by atoms with E-state index in [1.807, 2.05) is 13.0 Å². The van der Waals surface area contributed by atoms with E-state index < -0.39 is 17.7 Å². The molecule has 2 aromatic carbocycles. The predicted octanol–water partition coefficient (Wildman–Crippen LogP) is 3.01. The van der Waals surface area contributed by atoms with E-state index in [9.17, 15) is 14.4 Å². The molecule has 3 N–H and O–H groups in total. The lowest BCUT2D eigenvalue weighted by Gasteiger charge is -2.10. The summed E-state index contributed by atoms with van der Waals surface area (Å²) in [5.41, 5.74) is 6.98. The molecule has 0 saturated carbocycles. The van der Waals surface area contributed by atoms with Crippen molar-refractivity contribution in [2.45, 2.75) is 13.5 Å². The molecule has 3 aromatic rings. The molecule has 0 aliphatic rings. The van der Waals surface area contributed by atoms with Crippen molar-refractivity contribution in [1.82, 2.24) is 16.2 Å². The molecule has 1 aromatic heterocycles. The average molecular weight is 442 g/mol. The Hall–Kier alpha value is -3.78. The minimum atomic E-state index is -0.575. The van der Waals surface area contributed by atoms with Crippen LogP contribution >= 0.6 is 11.6 Å². The molecular weight excluding hydrogens is 422 g/mol. The van der Waals surface area contributed by atoms with Gasteiger partial charge in [-0.05, 0) is 54.4 Å². The Kier molecular flexibility index (Phi) is 7.29. The van der Waals surface area contributed by atoms with E-state index in [0.717, 1.165) is 11.1 Å². The molecule has 9 heteroatoms. The molecule has 0 unspecified atom stereocenters. The zero-order valence-corrected chi connectivity index (χ0v) is 17.4. The van der Waals surface area contributed by atoms with Crippen LogP contribution in [0.15, 0.2) is 65.5 Å². The Morgan fingerprint density at radius 3 is 2.42 bits per heavy atom. The molecule has 0 fully saturated rings. The zero-order valence-electron chi connectivity index (χ0n) is 16.6. The van der Waals surface area contributed by atoms with Gasteiger partial charge in [-0.2, -0.15) is 0 Å². The van der Waals surface area contributed by atoms with Crippen LogP contribution in [0.2, 0.25) is 5.02 Å². The van der Waals surface area contributed by atoms with Crippen molar-refractivity contribution in [2.75, 3.05) is 6.54 Å². The van der Waals surface area contributed by atoms with Gasteiger partial charge in [0, 0.05) is 10.6 Å². The molecule has 3 rings (SSSR count). The van der Waals surface area contributed by atoms with E-state index in [2.05, 4.69) is 16.2 Å². The standard InChI is InChI=1S/C22H20ClN3O5/c1-14-10-18(6-7-19(14)23)31-12-15-2-4-16(5-3-15)22(29)26-25-20(27)11-24-21(28)17-8-9-30-13-17/h2-10,13H,11-12H2,1H3,(H,24,28)(H,25,27)(H,26,29). The Morgan fingerprint density at radius 1 is 0.968 bits per heavy atom. The van der Waals surface area contributed by atoms with Gasteiger partial charge in [0.2, 0.25) is 0 Å². The number of halogens is 1. The van der Waals surface area contributed by atoms with Gasteiger partial charge in [-0.3, -0.25) is 25.2 Å². The summed E-state index contributed by atoms with van der Waals surface area (Å²) in [5.74, 6) is -0.822. The maximum atomic E-state index is 12.2. The van der Waals surface area contributed by atoms with E-state index in [1.165, 1.54) is 18.6 Å². The van der Waals surface area contributed by atoms with Gasteiger partial charge in [0.05, 0.1) is 18.4 Å². The van der Waals surface area contributed by atoms with Gasteiger partial charge < -0.3 is 14.5 Å². The van der Waals surface area contributed by atoms with Crippen molar-refractivity contribution < 1.29 is 23.5 Å². The van der Waals surface area contributed by atoms with Crippen LogP contribution in [0.25, 0.3) is 0 Å². The van der Waals surface area contributed by atoms with Crippen molar-refractivity contribution in [2.24, 2.45) is 0 Å². The summed E-state index contributed by atoms with van der Waals surface area (Å²) in [4.78, 5) is 35.7. The number of rotatable bonds is 7. The number of hydrogen-bond donors (Lipinski definition) is 3. The number of nitrogens with one attached hydrogen (secondary N) is 3. The quantitative estimate of drug-likeness (QED) is 0.488. The number of aryl methyl sites for hydroxylation is 1. The first kappa shape index (κ1) is 21.9. The topological polar surface area (TPSA) is 110 Å². The van der Waals surface area contributed by atoms with Crippen LogP contribution in [0.1, 0.15) is 31.8 Å². The lowest BCUT2D eigenvalue weighted by Crippen LogP contribution is -2.46. The molecule has 0 aliphatic carbocycles. The second kappa shape index (κ2) is 10.3. The smallest absolute Gasteiger partial charge is 0.269 e. The van der Waals surface area contributed by atoms with Crippen molar-refractivity contribution in [3.8, 4) is 5.75 Å². The maximum Gasteiger partial charge on any atom is 0.269 e. The van der Waals surface area contributed by atoms with Gasteiger partial charge in [-0.1, -0.05) is 23.7 Å². The normalized spacial score (nSPS) is 10.3. The van der Waals surface area contributed by atoms with Gasteiger partial charge in [0.1, 0.15) is 18.6 Å². The summed E-state index contributed by atoms with van der Waals surface area (Å²) in [6, 6.07) is 13.6. The number of ether oxygens (including phenoxy) is 1. The van der Waals surface area contributed by atoms with Gasteiger partial charge in [0.25, 0.3) is 17.7 Å². The molecule has 0 saturated heterocycles. The number of furan rings is 1. The van der Waals surface area contributed by atoms with Gasteiger partial charge in [-0.25, -0.2) is 0 Å². The lowest BCUT2D eigenvalue weighted by atomic mass is 10.1. The summed E-state index contributed by atoms with van der Waals surface area (Å²) in [5, 5.41) is 3.08. The molecule has 0 spiro atoms. The maximum absolute atomic E-state index is 12.2. The fourth-order valence-electron chi connectivity index (χ4n) is 2.53. The van der Waals surface area contributed by atoms with Crippen LogP contribution in [0, 0.1) is 6.92 Å². The van der Waals surface area contributed by atoms with Crippen LogP contribution in [0.5, 0.6) is 5.75 Å². The average Bonchev–Trinajstić information content (AvgIpc) is 3.32. The minimum absolute atomic E-state index is 0.298. The van der Waals surface area contributed by atoms with Gasteiger partial charge >= 0.3 is 0 Å². The first-order valence-corrected chi connectivity index (χ1v) is 9.67. The number of carbonyl (C=O) groups is 3. The van der Waals surface area contributed by atoms with Crippen LogP contribution in [-0.2, 0) is 11.4 Å². The van der Waals surface area contributed by atoms with E-state index in [0.29, 0.717) is 28.5 Å². The highest BCUT2D eigenvalue weighted by Gasteiger charge is 2.11. The molecule has 0 bridgehead atoms. The summed E-state index contributed by atoms with van der Waals surface area (Å²) < 4.78 is 10.5. The number of hydrogen-bond acceptors (Lipinski definition) is 5. The van der Waals surface area contributed by atoms with E-state index in [1.54, 1.807) is 36.4 Å². The van der Waals surface area contributed by atoms with Crippen LogP contribution in [0.3, 0.4) is 0 Å². The second-order valence-corrected chi connectivity index (χ2v) is 7.00. The third-order valence-corrected chi connectivity index (χ3v) is 4.68. The highest BCUT2D eigenvalue weighted by molar-refractivity contribution is 6.31. The summed E-state index contributed by atoms with van der Waals surface area (Å²) in [6.45, 7) is 1.93. The zero-order chi connectivity index (χ0) is 22.2. The summed E-state index contributed by atoms with van der Waals surface area (Å²) in [6.07, 6.45) is 2.62. The molecule has 160 valence electrons. The molecule has 1 heterocycles. The van der Waals surface area contributed by atoms with Crippen molar-refractivity contribution in [3.05, 3.63) is 88.3 Å². The Balaban J connectivity index is 1.42. The predicted molar refractivity (Wildman–Crippen MR) is 114 cm³/mol. The summed E-state index contributed by atoms with van der Waals surface area (Å²) >= 11 is 6.00. The Morgan fingerprint density at radius 2 is 1.74 bits per heavy atom. The number of amides is 3. The van der Waals surface area contributed by atoms with E-state index in [4.69, 9.17) is 20.8 Å². The van der Waals surface area contributed by atoms with Crippen LogP contribution in [0.4, 0.5) is 0 Å². The second-order valence-electron chi connectivity index (χ2n) is 6.59. The fraction of sp³-hybridized carbons (Fsp3) is 0.136. The molecule has 8 nitrogen and oxygen atoms in total. The number of benzene rings is 2. The third-order valence-electron chi connectivity index (χ3n) is 4.26. The first-order valence-electron chi connectivity index (χ1n) is 9.30. The third kappa shape index (κ3) is 6.35. The van der Waals surface area contributed by atoms with Crippen molar-refractivity contribution >= 4 is 29.3 Å². The van der Waals surface area contributed by atoms with E-state index in [-0.39, 0.29) is 6.54 Å². The van der Waals surface area contributed by atoms with Gasteiger partial charge in [-0.15, -0.1) is 0 Å². The molecule has 3 amide bonds. The Labute approximate surface area is 183 Å². The number of hydrazine groups is 1. The van der Waals surface area contributed by atoms with Crippen molar-refractivity contribution in [3.63, 3.8) is 0 Å². The molecule has 0 aliphatic heterocycles. The number of carbonyl (C=O) groups excluding carboxylic acids is 3. The monoisotopic (exact) mass is 441 g/mol. The van der Waals surface area contributed by atoms with Crippen LogP contribution < -0.4 is 20.9 Å². The molecule has 31 heavy (non-hydrogen) atoms. The molecule has 0 radical (unpaired) electrons. The van der Waals surface area contributed by atoms with Crippen LogP contribution in [-0.4, -0.2) is 24.3 Å². The lowest BCUT2D eigenvalue weighted by molar-refractivity contribution is -0.120. The highest BCUT2D eigenvalue weighted by atomic mass is 35.5. The minimum Gasteiger partial charge on any atom is -0.489 e. The molecular formula is C22H20ClN3O5. The fourth-order valence-corrected chi connectivity index (χ4v) is 2.64. The Bertz CT molecular complexity index is 1070. The highest BCUT2D eigenvalue weighted by Crippen LogP contribution is 2.21. The van der Waals surface area contributed by atoms with Crippen molar-refractivity contribution in [1.29, 1.82) is 0 Å². The van der Waals surface area contributed by atoms with Gasteiger partial charge in [0.15, 0.2) is 0 Å². The summed E-state index contributed by atoms with van der Waals surface area (Å²) in [7, 11) is 0. The van der Waals surface area contributed by atoms with E-state index >= 15 is 0 Å². The first-order chi connectivity index (χ1) is 14.9. The SMILES string of the molecule is Cc1cc(OCc2ccc(C(=O)NNC(=O)CNC(=O)c3ccoc3)cc2)ccc1Cl. The molecule has 0 atom stereocenters. The largest absolute Gasteiger partial charge is 0.489 e.